The molecule has 30 heteroatoms. The van der Waals surface area contributed by atoms with Crippen molar-refractivity contribution < 1.29 is 142 Å². The first kappa shape index (κ1) is 92.4. The monoisotopic (exact) mass is 1520 g/mol. The Kier molecular flexibility index (Phi) is 55.1. The van der Waals surface area contributed by atoms with Crippen LogP contribution in [0.25, 0.3) is 12.2 Å². The number of hydrogen-bond acceptors (Lipinski definition) is 30. The topological polar surface area (TPSA) is 293 Å². The summed E-state index contributed by atoms with van der Waals surface area (Å²) in [6.07, 6.45) is 5.52. The van der Waals surface area contributed by atoms with Gasteiger partial charge in [-0.15, -0.1) is 0 Å². The molecule has 4 aromatic rings. The minimum atomic E-state index is -0.413. The van der Waals surface area contributed by atoms with Crippen molar-refractivity contribution >= 4 is 23.7 Å². The van der Waals surface area contributed by atoms with Gasteiger partial charge in [0, 0.05) is 42.7 Å². The van der Waals surface area contributed by atoms with Gasteiger partial charge < -0.3 is 133 Å². The number of methoxy groups -OCH3 is 8. The minimum absolute atomic E-state index is 0.0540. The Morgan fingerprint density at radius 1 is 0.243 bits per heavy atom. The van der Waals surface area contributed by atoms with Crippen LogP contribution in [0.1, 0.15) is 28.7 Å². The lowest BCUT2D eigenvalue weighted by molar-refractivity contribution is -0.121. The van der Waals surface area contributed by atoms with Crippen molar-refractivity contribution in [3.8, 4) is 57.5 Å². The number of carbonyl (C=O) groups is 2. The highest BCUT2D eigenvalue weighted by molar-refractivity contribution is 6.11. The van der Waals surface area contributed by atoms with Gasteiger partial charge in [-0.25, -0.2) is 0 Å². The number of ether oxygens (including phenoxy) is 28. The third kappa shape index (κ3) is 44.3. The Labute approximate surface area is 630 Å². The van der Waals surface area contributed by atoms with E-state index in [2.05, 4.69) is 0 Å². The standard InChI is InChI=1S/C77H116O30/c1-80-17-23-88-29-35-94-41-47-100-72-55-64(56-73(101-48-42-95-36-30-89-24-18-81-2)76(72)104-51-45-98-39-33-92-27-21-84-5)60-106-68-15-11-62(53-70(68)86-7)9-13-66(78)59-67(79)14-10-63-12-16-69(71(54-63)87-8)107-61-65-57-74(102-49-43-96-37-31-90-25-19-82-3)77(105-52-46-99-40-34-93-28-22-85-6)75(58-65)103-50-44-97-38-32-91-26-20-83-4/h9-16,53-58H,17-52,59-61H2,1-8H3/b13-9+,14-10+. The lowest BCUT2D eigenvalue weighted by atomic mass is 10.1. The van der Waals surface area contributed by atoms with Gasteiger partial charge >= 0.3 is 0 Å². The van der Waals surface area contributed by atoms with E-state index >= 15 is 0 Å². The second-order valence-corrected chi connectivity index (χ2v) is 22.4. The molecule has 4 rings (SSSR count). The third-order valence-corrected chi connectivity index (χ3v) is 14.3. The fraction of sp³-hybridized carbons (Fsp3) is 0.610. The van der Waals surface area contributed by atoms with E-state index in [0.29, 0.717) is 238 Å². The summed E-state index contributed by atoms with van der Waals surface area (Å²) < 4.78 is 160. The Morgan fingerprint density at radius 2 is 0.467 bits per heavy atom. The normalized spacial score (nSPS) is 11.4. The van der Waals surface area contributed by atoms with E-state index < -0.39 is 11.6 Å². The smallest absolute Gasteiger partial charge is 0.203 e. The van der Waals surface area contributed by atoms with Crippen LogP contribution in [0.3, 0.4) is 0 Å². The van der Waals surface area contributed by atoms with Crippen molar-refractivity contribution in [2.75, 3.05) is 295 Å². The van der Waals surface area contributed by atoms with Gasteiger partial charge in [0.05, 0.1) is 219 Å². The summed E-state index contributed by atoms with van der Waals surface area (Å²) >= 11 is 0. The van der Waals surface area contributed by atoms with Crippen LogP contribution < -0.4 is 47.4 Å². The molecule has 0 bridgehead atoms. The first-order chi connectivity index (χ1) is 52.7. The van der Waals surface area contributed by atoms with E-state index in [1.165, 1.54) is 26.4 Å². The second kappa shape index (κ2) is 63.9. The summed E-state index contributed by atoms with van der Waals surface area (Å²) in [5, 5.41) is 0. The highest BCUT2D eigenvalue weighted by Gasteiger charge is 2.21. The van der Waals surface area contributed by atoms with Gasteiger partial charge in [-0.1, -0.05) is 24.3 Å². The van der Waals surface area contributed by atoms with E-state index in [4.69, 9.17) is 133 Å². The highest BCUT2D eigenvalue weighted by atomic mass is 16.6. The molecule has 107 heavy (non-hydrogen) atoms. The molecule has 0 amide bonds. The molecule has 0 unspecified atom stereocenters. The quantitative estimate of drug-likeness (QED) is 0.0235. The molecule has 0 aromatic heterocycles. The predicted molar refractivity (Wildman–Crippen MR) is 394 cm³/mol. The predicted octanol–water partition coefficient (Wildman–Crippen LogP) is 7.47. The molecule has 0 spiro atoms. The lowest BCUT2D eigenvalue weighted by Gasteiger charge is -2.19. The minimum Gasteiger partial charge on any atom is -0.493 e. The molecule has 0 N–H and O–H groups in total. The number of allylic oxidation sites excluding steroid dienone is 2. The molecule has 0 radical (unpaired) electrons. The molecule has 604 valence electrons. The molecule has 0 heterocycles. The molecule has 0 aliphatic rings. The summed E-state index contributed by atoms with van der Waals surface area (Å²) in [4.78, 5) is 26.5. The fourth-order valence-corrected chi connectivity index (χ4v) is 8.98. The number of carbonyl (C=O) groups excluding carboxylic acids is 2. The van der Waals surface area contributed by atoms with Crippen LogP contribution in [-0.2, 0) is 108 Å². The number of hydrogen-bond donors (Lipinski definition) is 0. The average molecular weight is 1520 g/mol. The van der Waals surface area contributed by atoms with Crippen molar-refractivity contribution in [1.82, 2.24) is 0 Å². The van der Waals surface area contributed by atoms with E-state index in [1.807, 2.05) is 0 Å². The summed E-state index contributed by atoms with van der Waals surface area (Å²) in [6.45, 7) is 13.0. The van der Waals surface area contributed by atoms with Crippen LogP contribution in [0.15, 0.2) is 72.8 Å². The molecule has 0 aliphatic heterocycles. The van der Waals surface area contributed by atoms with Gasteiger partial charge in [-0.2, -0.15) is 0 Å². The van der Waals surface area contributed by atoms with E-state index in [1.54, 1.807) is 115 Å². The second-order valence-electron chi connectivity index (χ2n) is 22.4. The zero-order valence-corrected chi connectivity index (χ0v) is 63.9. The maximum absolute atomic E-state index is 13.2. The van der Waals surface area contributed by atoms with E-state index in [9.17, 15) is 9.59 Å². The van der Waals surface area contributed by atoms with Gasteiger partial charge in [0.2, 0.25) is 11.5 Å². The summed E-state index contributed by atoms with van der Waals surface area (Å²) in [5.74, 6) is 3.04. The van der Waals surface area contributed by atoms with Gasteiger partial charge in [0.1, 0.15) is 52.9 Å². The molecule has 0 fully saturated rings. The van der Waals surface area contributed by atoms with Crippen LogP contribution in [0.4, 0.5) is 0 Å². The lowest BCUT2D eigenvalue weighted by Crippen LogP contribution is -2.16. The van der Waals surface area contributed by atoms with Crippen molar-refractivity contribution in [1.29, 1.82) is 0 Å². The van der Waals surface area contributed by atoms with Gasteiger partial charge in [-0.3, -0.25) is 9.59 Å². The maximum atomic E-state index is 13.2. The number of ketones is 2. The van der Waals surface area contributed by atoms with E-state index in [0.717, 1.165) is 0 Å². The maximum Gasteiger partial charge on any atom is 0.203 e. The van der Waals surface area contributed by atoms with Crippen LogP contribution in [-0.4, -0.2) is 306 Å². The fourth-order valence-electron chi connectivity index (χ4n) is 8.98. The van der Waals surface area contributed by atoms with Crippen molar-refractivity contribution in [2.24, 2.45) is 0 Å². The molecule has 0 aliphatic carbocycles. The average Bonchev–Trinajstić information content (AvgIpc) is 0.812. The Hall–Kier alpha value is -7.02. The first-order valence-electron chi connectivity index (χ1n) is 35.7. The number of benzene rings is 4. The first-order valence-corrected chi connectivity index (χ1v) is 35.7. The molecule has 0 atom stereocenters. The molecule has 30 nitrogen and oxygen atoms in total. The van der Waals surface area contributed by atoms with Crippen molar-refractivity contribution in [2.45, 2.75) is 19.6 Å². The molecular weight excluding hydrogens is 1400 g/mol. The molecular formula is C77H116O30. The van der Waals surface area contributed by atoms with Crippen LogP contribution in [0, 0.1) is 0 Å². The zero-order chi connectivity index (χ0) is 76.5. The third-order valence-electron chi connectivity index (χ3n) is 14.3. The summed E-state index contributed by atoms with van der Waals surface area (Å²) in [5.41, 5.74) is 2.60. The molecule has 0 saturated carbocycles. The van der Waals surface area contributed by atoms with Gasteiger partial charge in [0.25, 0.3) is 0 Å². The van der Waals surface area contributed by atoms with E-state index in [-0.39, 0.29) is 98.9 Å². The van der Waals surface area contributed by atoms with Crippen LogP contribution >= 0.6 is 0 Å². The Balaban J connectivity index is 1.44. The zero-order valence-electron chi connectivity index (χ0n) is 63.9. The van der Waals surface area contributed by atoms with Crippen LogP contribution in [0.2, 0.25) is 0 Å². The molecule has 4 aromatic carbocycles. The van der Waals surface area contributed by atoms with Crippen molar-refractivity contribution in [3.63, 3.8) is 0 Å². The largest absolute Gasteiger partial charge is 0.493 e. The highest BCUT2D eigenvalue weighted by Crippen LogP contribution is 2.42. The van der Waals surface area contributed by atoms with Crippen molar-refractivity contribution in [3.05, 3.63) is 95.1 Å². The van der Waals surface area contributed by atoms with Crippen LogP contribution in [0.5, 0.6) is 57.5 Å². The van der Waals surface area contributed by atoms with Gasteiger partial charge in [0.15, 0.2) is 57.6 Å². The van der Waals surface area contributed by atoms with Gasteiger partial charge in [-0.05, 0) is 82.9 Å². The molecule has 0 saturated heterocycles. The Bertz CT molecular complexity index is 2670. The number of rotatable bonds is 74. The summed E-state index contributed by atoms with van der Waals surface area (Å²) in [6, 6.07) is 17.7. The summed E-state index contributed by atoms with van der Waals surface area (Å²) in [7, 11) is 12.7. The SMILES string of the molecule is COCCOCCOCCOc1cc(COc2ccc(/C=C/C(=O)CC(=O)/C=C/c3ccc(OCc4cc(OCCOCCOCCOC)c(OCCOCCOCCOC)c(OCCOCCOCCOC)c4)c(OC)c3)cc2OC)cc(OCCOCCOCCOC)c1OCCOCCOCCOC. The Morgan fingerprint density at radius 3 is 0.701 bits per heavy atom.